The van der Waals surface area contributed by atoms with Gasteiger partial charge in [-0.15, -0.1) is 0 Å². The molecule has 0 heterocycles. The summed E-state index contributed by atoms with van der Waals surface area (Å²) in [6.07, 6.45) is 1.61. The number of hydrogen-bond acceptors (Lipinski definition) is 3. The molecule has 0 unspecified atom stereocenters. The van der Waals surface area contributed by atoms with Crippen LogP contribution in [0.15, 0.2) is 0 Å². The predicted octanol–water partition coefficient (Wildman–Crippen LogP) is -0.465. The topological polar surface area (TPSA) is 58.2 Å². The lowest BCUT2D eigenvalue weighted by Gasteiger charge is -2.01. The number of sulfonamides is 1. The molecule has 0 bridgehead atoms. The third kappa shape index (κ3) is 6.28. The van der Waals surface area contributed by atoms with Crippen LogP contribution in [0.3, 0.4) is 0 Å². The fourth-order valence-electron chi connectivity index (χ4n) is 0.696. The van der Waals surface area contributed by atoms with Crippen LogP contribution in [0, 0.1) is 0 Å². The van der Waals surface area contributed by atoms with Crippen LogP contribution >= 0.6 is 0 Å². The van der Waals surface area contributed by atoms with Gasteiger partial charge < -0.3 is 5.32 Å². The van der Waals surface area contributed by atoms with Crippen molar-refractivity contribution < 1.29 is 8.42 Å². The molecule has 0 aromatic rings. The summed E-state index contributed by atoms with van der Waals surface area (Å²) in [5.41, 5.74) is 0. The van der Waals surface area contributed by atoms with Gasteiger partial charge >= 0.3 is 0 Å². The molecule has 11 heavy (non-hydrogen) atoms. The molecule has 0 saturated carbocycles. The molecule has 0 atom stereocenters. The van der Waals surface area contributed by atoms with Gasteiger partial charge in [-0.25, -0.2) is 13.1 Å². The van der Waals surface area contributed by atoms with E-state index in [0.717, 1.165) is 13.0 Å². The van der Waals surface area contributed by atoms with Crippen LogP contribution in [0.4, 0.5) is 0 Å². The van der Waals surface area contributed by atoms with E-state index in [9.17, 15) is 8.42 Å². The molecule has 0 saturated heterocycles. The first-order valence-electron chi connectivity index (χ1n) is 3.68. The monoisotopic (exact) mass is 180 g/mol. The highest BCUT2D eigenvalue weighted by atomic mass is 32.2. The molecule has 2 N–H and O–H groups in total. The lowest BCUT2D eigenvalue weighted by atomic mass is 10.3. The molecule has 4 nitrogen and oxygen atoms in total. The van der Waals surface area contributed by atoms with Crippen molar-refractivity contribution in [3.05, 3.63) is 0 Å². The van der Waals surface area contributed by atoms with Crippen LogP contribution < -0.4 is 10.0 Å². The predicted molar refractivity (Wildman–Crippen MR) is 46.0 cm³/mol. The second kappa shape index (κ2) is 5.51. The second-order valence-corrected chi connectivity index (χ2v) is 4.38. The number of rotatable bonds is 6. The van der Waals surface area contributed by atoms with Gasteiger partial charge in [0.25, 0.3) is 0 Å². The highest BCUT2D eigenvalue weighted by Crippen LogP contribution is 1.91. The zero-order valence-corrected chi connectivity index (χ0v) is 7.87. The van der Waals surface area contributed by atoms with Gasteiger partial charge in [0.2, 0.25) is 10.0 Å². The van der Waals surface area contributed by atoms with E-state index in [1.54, 1.807) is 0 Å². The average Bonchev–Trinajstić information content (AvgIpc) is 1.99. The Labute approximate surface area is 68.4 Å². The smallest absolute Gasteiger partial charge is 0.211 e. The Bertz CT molecular complexity index is 177. The fraction of sp³-hybridized carbons (Fsp3) is 1.00. The Morgan fingerprint density at radius 2 is 1.82 bits per heavy atom. The van der Waals surface area contributed by atoms with E-state index in [4.69, 9.17) is 0 Å². The summed E-state index contributed by atoms with van der Waals surface area (Å²) in [4.78, 5) is 0. The third-order valence-electron chi connectivity index (χ3n) is 1.40. The molecule has 0 aliphatic carbocycles. The molecule has 0 rings (SSSR count). The summed E-state index contributed by atoms with van der Waals surface area (Å²) in [6.45, 7) is 0.874. The minimum atomic E-state index is -2.98. The summed E-state index contributed by atoms with van der Waals surface area (Å²) in [7, 11) is 0.314. The van der Waals surface area contributed by atoms with Gasteiger partial charge in [-0.1, -0.05) is 0 Å². The Kier molecular flexibility index (Phi) is 5.45. The van der Waals surface area contributed by atoms with Gasteiger partial charge in [0.05, 0.1) is 5.75 Å². The summed E-state index contributed by atoms with van der Waals surface area (Å²) in [5.74, 6) is 0.227. The molecule has 68 valence electrons. The van der Waals surface area contributed by atoms with Crippen LogP contribution in [0.5, 0.6) is 0 Å². The van der Waals surface area contributed by atoms with Crippen LogP contribution in [0.25, 0.3) is 0 Å². The van der Waals surface area contributed by atoms with Gasteiger partial charge in [0, 0.05) is 0 Å². The maximum Gasteiger partial charge on any atom is 0.211 e. The highest BCUT2D eigenvalue weighted by Gasteiger charge is 2.04. The molecular weight excluding hydrogens is 164 g/mol. The van der Waals surface area contributed by atoms with E-state index in [0.29, 0.717) is 6.42 Å². The normalized spacial score (nSPS) is 11.8. The van der Waals surface area contributed by atoms with Crippen LogP contribution in [0.1, 0.15) is 12.8 Å². The Morgan fingerprint density at radius 1 is 1.18 bits per heavy atom. The lowest BCUT2D eigenvalue weighted by Crippen LogP contribution is -2.22. The van der Waals surface area contributed by atoms with E-state index < -0.39 is 10.0 Å². The van der Waals surface area contributed by atoms with Crippen molar-refractivity contribution in [3.8, 4) is 0 Å². The van der Waals surface area contributed by atoms with Crippen molar-refractivity contribution in [2.24, 2.45) is 0 Å². The summed E-state index contributed by atoms with van der Waals surface area (Å²) in [5, 5.41) is 2.96. The van der Waals surface area contributed by atoms with Crippen molar-refractivity contribution in [3.63, 3.8) is 0 Å². The van der Waals surface area contributed by atoms with Crippen molar-refractivity contribution in [2.75, 3.05) is 26.4 Å². The van der Waals surface area contributed by atoms with Crippen molar-refractivity contribution in [1.82, 2.24) is 10.0 Å². The second-order valence-electron chi connectivity index (χ2n) is 2.33. The SMILES string of the molecule is CNCCCCS(=O)(=O)NC. The van der Waals surface area contributed by atoms with Crippen LogP contribution in [-0.2, 0) is 10.0 Å². The van der Waals surface area contributed by atoms with Crippen LogP contribution in [0.2, 0.25) is 0 Å². The first-order chi connectivity index (χ1) is 5.12. The maximum absolute atomic E-state index is 10.8. The van der Waals surface area contributed by atoms with E-state index in [1.165, 1.54) is 7.05 Å². The first-order valence-corrected chi connectivity index (χ1v) is 5.33. The average molecular weight is 180 g/mol. The lowest BCUT2D eigenvalue weighted by molar-refractivity contribution is 0.582. The Hall–Kier alpha value is -0.130. The summed E-state index contributed by atoms with van der Waals surface area (Å²) >= 11 is 0. The minimum absolute atomic E-state index is 0.227. The Morgan fingerprint density at radius 3 is 2.27 bits per heavy atom. The molecule has 0 aliphatic heterocycles. The van der Waals surface area contributed by atoms with E-state index >= 15 is 0 Å². The van der Waals surface area contributed by atoms with Crippen molar-refractivity contribution in [1.29, 1.82) is 0 Å². The van der Waals surface area contributed by atoms with Crippen molar-refractivity contribution >= 4 is 10.0 Å². The molecule has 0 aromatic heterocycles. The molecule has 0 fully saturated rings. The van der Waals surface area contributed by atoms with E-state index in [2.05, 4.69) is 10.0 Å². The van der Waals surface area contributed by atoms with Gasteiger partial charge in [-0.05, 0) is 33.5 Å². The van der Waals surface area contributed by atoms with Gasteiger partial charge in [-0.2, -0.15) is 0 Å². The quantitative estimate of drug-likeness (QED) is 0.544. The number of unbranched alkanes of at least 4 members (excludes halogenated alkanes) is 1. The van der Waals surface area contributed by atoms with E-state index in [-0.39, 0.29) is 5.75 Å². The maximum atomic E-state index is 10.8. The Balaban J connectivity index is 3.39. The van der Waals surface area contributed by atoms with Gasteiger partial charge in [0.1, 0.15) is 0 Å². The minimum Gasteiger partial charge on any atom is -0.320 e. The molecule has 0 radical (unpaired) electrons. The molecule has 0 spiro atoms. The molecule has 0 aromatic carbocycles. The highest BCUT2D eigenvalue weighted by molar-refractivity contribution is 7.89. The molecule has 0 aliphatic rings. The summed E-state index contributed by atoms with van der Waals surface area (Å²) in [6, 6.07) is 0. The van der Waals surface area contributed by atoms with Crippen molar-refractivity contribution in [2.45, 2.75) is 12.8 Å². The zero-order valence-electron chi connectivity index (χ0n) is 7.05. The number of nitrogens with one attached hydrogen (secondary N) is 2. The fourth-order valence-corrected chi connectivity index (χ4v) is 1.48. The van der Waals surface area contributed by atoms with Gasteiger partial charge in [-0.3, -0.25) is 0 Å². The standard InChI is InChI=1S/C6H16N2O2S/c1-7-5-3-4-6-11(9,10)8-2/h7-8H,3-6H2,1-2H3. The van der Waals surface area contributed by atoms with E-state index in [1.807, 2.05) is 7.05 Å². The van der Waals surface area contributed by atoms with Crippen LogP contribution in [-0.4, -0.2) is 34.8 Å². The molecule has 5 heteroatoms. The largest absolute Gasteiger partial charge is 0.320 e. The third-order valence-corrected chi connectivity index (χ3v) is 2.85. The first kappa shape index (κ1) is 10.9. The van der Waals surface area contributed by atoms with Gasteiger partial charge in [0.15, 0.2) is 0 Å². The molecular formula is C6H16N2O2S. The number of hydrogen-bond donors (Lipinski definition) is 2. The molecule has 0 amide bonds. The zero-order chi connectivity index (χ0) is 8.74. The summed E-state index contributed by atoms with van der Waals surface area (Å²) < 4.78 is 23.9.